The molecule has 0 aliphatic heterocycles. The van der Waals surface area contributed by atoms with Crippen LogP contribution >= 0.6 is 0 Å². The molecule has 0 heterocycles. The van der Waals surface area contributed by atoms with E-state index in [-0.39, 0.29) is 5.76 Å². The number of allylic oxidation sites excluding steroid dienone is 2. The van der Waals surface area contributed by atoms with E-state index >= 15 is 0 Å². The highest BCUT2D eigenvalue weighted by Gasteiger charge is 2.15. The van der Waals surface area contributed by atoms with Crippen LogP contribution < -0.4 is 5.32 Å². The molecular weight excluding hydrogens is 230 g/mol. The molecule has 0 saturated heterocycles. The summed E-state index contributed by atoms with van der Waals surface area (Å²) in [6, 6.07) is 0. The minimum absolute atomic E-state index is 0.245. The highest BCUT2D eigenvalue weighted by Crippen LogP contribution is 2.11. The zero-order chi connectivity index (χ0) is 14.2. The fourth-order valence-electron chi connectivity index (χ4n) is 1.27. The summed E-state index contributed by atoms with van der Waals surface area (Å²) in [4.78, 5) is 11.3. The number of carbonyl (C=O) groups excluding carboxylic acids is 1. The molecule has 0 fully saturated rings. The molecule has 0 aliphatic rings. The number of ether oxygens (including phenoxy) is 1. The first kappa shape index (κ1) is 16.6. The quantitative estimate of drug-likeness (QED) is 0.432. The first-order chi connectivity index (χ1) is 8.26. The van der Waals surface area contributed by atoms with Gasteiger partial charge in [0.2, 0.25) is 0 Å². The molecule has 4 nitrogen and oxygen atoms in total. The third-order valence-electron chi connectivity index (χ3n) is 2.08. The van der Waals surface area contributed by atoms with Crippen LogP contribution in [0.25, 0.3) is 0 Å². The summed E-state index contributed by atoms with van der Waals surface area (Å²) in [5.41, 5.74) is 0.221. The fraction of sp³-hybridized carbons (Fsp3) is 0.643. The Morgan fingerprint density at radius 3 is 2.56 bits per heavy atom. The van der Waals surface area contributed by atoms with E-state index in [1.165, 1.54) is 0 Å². The van der Waals surface area contributed by atoms with E-state index in [2.05, 4.69) is 11.9 Å². The molecule has 104 valence electrons. The van der Waals surface area contributed by atoms with Crippen LogP contribution in [-0.4, -0.2) is 23.3 Å². The van der Waals surface area contributed by atoms with Crippen molar-refractivity contribution in [2.24, 2.45) is 0 Å². The van der Waals surface area contributed by atoms with Gasteiger partial charge in [-0.2, -0.15) is 0 Å². The van der Waals surface area contributed by atoms with Gasteiger partial charge in [0.15, 0.2) is 0 Å². The van der Waals surface area contributed by atoms with Gasteiger partial charge >= 0.3 is 6.09 Å². The van der Waals surface area contributed by atoms with Crippen molar-refractivity contribution in [1.29, 1.82) is 0 Å². The molecule has 2 N–H and O–H groups in total. The van der Waals surface area contributed by atoms with E-state index < -0.39 is 11.7 Å². The second kappa shape index (κ2) is 7.80. The Bertz CT molecular complexity index is 313. The third kappa shape index (κ3) is 8.67. The van der Waals surface area contributed by atoms with Gasteiger partial charge < -0.3 is 15.2 Å². The van der Waals surface area contributed by atoms with Crippen molar-refractivity contribution in [1.82, 2.24) is 5.32 Å². The van der Waals surface area contributed by atoms with Crippen LogP contribution in [0.15, 0.2) is 24.0 Å². The molecule has 0 bridgehead atoms. The van der Waals surface area contributed by atoms with Crippen LogP contribution in [0.4, 0.5) is 4.79 Å². The lowest BCUT2D eigenvalue weighted by atomic mass is 10.1. The zero-order valence-corrected chi connectivity index (χ0v) is 11.9. The van der Waals surface area contributed by atoms with Gasteiger partial charge in [0.25, 0.3) is 0 Å². The topological polar surface area (TPSA) is 58.6 Å². The molecule has 0 spiro atoms. The van der Waals surface area contributed by atoms with Crippen molar-refractivity contribution in [2.45, 2.75) is 52.6 Å². The molecule has 0 rings (SSSR count). The summed E-state index contributed by atoms with van der Waals surface area (Å²) in [6.07, 6.45) is 3.46. The SMILES string of the molecule is C=C(CCCNC(=O)OC(C)(C)C)/C(O)=C/CC. The summed E-state index contributed by atoms with van der Waals surface area (Å²) >= 11 is 0. The van der Waals surface area contributed by atoms with E-state index in [1.807, 2.05) is 27.7 Å². The van der Waals surface area contributed by atoms with Crippen LogP contribution in [0, 0.1) is 0 Å². The zero-order valence-electron chi connectivity index (χ0n) is 11.9. The van der Waals surface area contributed by atoms with Crippen LogP contribution in [0.5, 0.6) is 0 Å². The Morgan fingerprint density at radius 2 is 2.06 bits per heavy atom. The maximum absolute atomic E-state index is 11.3. The molecular formula is C14H25NO3. The summed E-state index contributed by atoms with van der Waals surface area (Å²) in [6.45, 7) is 11.7. The van der Waals surface area contributed by atoms with E-state index in [4.69, 9.17) is 4.74 Å². The lowest BCUT2D eigenvalue weighted by Crippen LogP contribution is -2.33. The number of hydrogen-bond acceptors (Lipinski definition) is 3. The molecule has 18 heavy (non-hydrogen) atoms. The van der Waals surface area contributed by atoms with Gasteiger partial charge in [-0.3, -0.25) is 0 Å². The molecule has 0 unspecified atom stereocenters. The van der Waals surface area contributed by atoms with Gasteiger partial charge in [-0.15, -0.1) is 0 Å². The molecule has 4 heteroatoms. The normalized spacial score (nSPS) is 12.1. The van der Waals surface area contributed by atoms with Crippen LogP contribution in [0.3, 0.4) is 0 Å². The predicted octanol–water partition coefficient (Wildman–Crippen LogP) is 3.70. The Labute approximate surface area is 110 Å². The molecule has 0 radical (unpaired) electrons. The lowest BCUT2D eigenvalue weighted by Gasteiger charge is -2.19. The minimum Gasteiger partial charge on any atom is -0.508 e. The van der Waals surface area contributed by atoms with Gasteiger partial charge in [0.1, 0.15) is 11.4 Å². The molecule has 0 aromatic rings. The maximum Gasteiger partial charge on any atom is 0.407 e. The molecule has 0 saturated carbocycles. The average Bonchev–Trinajstić information content (AvgIpc) is 2.21. The largest absolute Gasteiger partial charge is 0.508 e. The number of aliphatic hydroxyl groups is 1. The third-order valence-corrected chi connectivity index (χ3v) is 2.08. The predicted molar refractivity (Wildman–Crippen MR) is 73.6 cm³/mol. The van der Waals surface area contributed by atoms with Gasteiger partial charge in [-0.25, -0.2) is 4.79 Å². The Kier molecular flexibility index (Phi) is 7.17. The number of aliphatic hydroxyl groups excluding tert-OH is 1. The highest BCUT2D eigenvalue weighted by molar-refractivity contribution is 5.67. The lowest BCUT2D eigenvalue weighted by molar-refractivity contribution is 0.0527. The van der Waals surface area contributed by atoms with Crippen LogP contribution in [-0.2, 0) is 4.74 Å². The fourth-order valence-corrected chi connectivity index (χ4v) is 1.27. The molecule has 1 amide bonds. The van der Waals surface area contributed by atoms with Gasteiger partial charge in [-0.05, 0) is 51.7 Å². The van der Waals surface area contributed by atoms with Crippen LogP contribution in [0.1, 0.15) is 47.0 Å². The maximum atomic E-state index is 11.3. The standard InChI is InChI=1S/C14H25NO3/c1-6-8-12(16)11(2)9-7-10-15-13(17)18-14(3,4)5/h8,16H,2,6-7,9-10H2,1,3-5H3,(H,15,17)/b12-8-. The van der Waals surface area contributed by atoms with Gasteiger partial charge in [0, 0.05) is 6.54 Å². The second-order valence-electron chi connectivity index (χ2n) is 5.13. The van der Waals surface area contributed by atoms with Crippen molar-refractivity contribution >= 4 is 6.09 Å². The highest BCUT2D eigenvalue weighted by atomic mass is 16.6. The van der Waals surface area contributed by atoms with E-state index in [0.29, 0.717) is 18.5 Å². The number of alkyl carbamates (subject to hydrolysis) is 1. The van der Waals surface area contributed by atoms with Gasteiger partial charge in [0.05, 0.1) is 0 Å². The summed E-state index contributed by atoms with van der Waals surface area (Å²) < 4.78 is 5.10. The Hall–Kier alpha value is -1.45. The molecule has 0 aromatic carbocycles. The van der Waals surface area contributed by atoms with Crippen molar-refractivity contribution in [3.05, 3.63) is 24.0 Å². The molecule has 0 aromatic heterocycles. The number of rotatable bonds is 6. The van der Waals surface area contributed by atoms with Gasteiger partial charge in [-0.1, -0.05) is 13.5 Å². The smallest absolute Gasteiger partial charge is 0.407 e. The Morgan fingerprint density at radius 1 is 1.44 bits per heavy atom. The first-order valence-corrected chi connectivity index (χ1v) is 6.30. The summed E-state index contributed by atoms with van der Waals surface area (Å²) in [7, 11) is 0. The van der Waals surface area contributed by atoms with Crippen LogP contribution in [0.2, 0.25) is 0 Å². The summed E-state index contributed by atoms with van der Waals surface area (Å²) in [5.74, 6) is 0.245. The average molecular weight is 255 g/mol. The van der Waals surface area contributed by atoms with Crippen molar-refractivity contribution in [3.63, 3.8) is 0 Å². The first-order valence-electron chi connectivity index (χ1n) is 6.30. The Balaban J connectivity index is 3.78. The van der Waals surface area contributed by atoms with Crippen molar-refractivity contribution < 1.29 is 14.6 Å². The van der Waals surface area contributed by atoms with E-state index in [0.717, 1.165) is 12.8 Å². The van der Waals surface area contributed by atoms with Crippen molar-refractivity contribution in [2.75, 3.05) is 6.54 Å². The molecule has 0 atom stereocenters. The van der Waals surface area contributed by atoms with E-state index in [9.17, 15) is 9.90 Å². The minimum atomic E-state index is -0.476. The summed E-state index contributed by atoms with van der Waals surface area (Å²) in [5, 5.41) is 12.2. The number of hydrogen-bond donors (Lipinski definition) is 2. The number of amides is 1. The number of nitrogens with one attached hydrogen (secondary N) is 1. The monoisotopic (exact) mass is 255 g/mol. The van der Waals surface area contributed by atoms with Crippen molar-refractivity contribution in [3.8, 4) is 0 Å². The molecule has 0 aliphatic carbocycles. The van der Waals surface area contributed by atoms with E-state index in [1.54, 1.807) is 6.08 Å². The second-order valence-corrected chi connectivity index (χ2v) is 5.13. The number of carbonyl (C=O) groups is 1.